The molecular weight excluding hydrogens is 192 g/mol. The minimum Gasteiger partial charge on any atom is -0.308 e. The van der Waals surface area contributed by atoms with E-state index >= 15 is 0 Å². The van der Waals surface area contributed by atoms with Crippen LogP contribution in [0.4, 0.5) is 5.69 Å². The maximum atomic E-state index is 11.6. The molecule has 1 fully saturated rings. The second-order valence-corrected chi connectivity index (χ2v) is 3.81. The van der Waals surface area contributed by atoms with Crippen molar-refractivity contribution in [2.24, 2.45) is 13.0 Å². The Balaban J connectivity index is 2.29. The van der Waals surface area contributed by atoms with Gasteiger partial charge in [0.25, 0.3) is 0 Å². The average molecular weight is 204 g/mol. The van der Waals surface area contributed by atoms with Crippen LogP contribution in [-0.2, 0) is 11.8 Å². The molecule has 1 aliphatic heterocycles. The standard InChI is InChI=1S/C10H12N4O/c1-7-9(6-13(2)12-7)14-5-8(4-11)3-10(14)15/h6,8H,3,5H2,1-2H3. The smallest absolute Gasteiger partial charge is 0.228 e. The number of nitrogens with zero attached hydrogens (tertiary/aromatic N) is 4. The van der Waals surface area contributed by atoms with E-state index in [9.17, 15) is 4.79 Å². The van der Waals surface area contributed by atoms with Gasteiger partial charge in [0.15, 0.2) is 0 Å². The van der Waals surface area contributed by atoms with E-state index in [2.05, 4.69) is 11.2 Å². The van der Waals surface area contributed by atoms with Crippen LogP contribution in [-0.4, -0.2) is 22.2 Å². The number of anilines is 1. The van der Waals surface area contributed by atoms with Crippen molar-refractivity contribution in [2.45, 2.75) is 13.3 Å². The molecule has 0 radical (unpaired) electrons. The van der Waals surface area contributed by atoms with E-state index in [1.807, 2.05) is 20.2 Å². The van der Waals surface area contributed by atoms with Crippen LogP contribution >= 0.6 is 0 Å². The first-order chi connectivity index (χ1) is 7.11. The molecule has 1 unspecified atom stereocenters. The second-order valence-electron chi connectivity index (χ2n) is 3.81. The zero-order valence-corrected chi connectivity index (χ0v) is 8.77. The quantitative estimate of drug-likeness (QED) is 0.673. The first kappa shape index (κ1) is 9.71. The molecule has 1 amide bonds. The molecule has 1 aromatic rings. The van der Waals surface area contributed by atoms with Gasteiger partial charge in [-0.2, -0.15) is 10.4 Å². The van der Waals surface area contributed by atoms with E-state index in [1.165, 1.54) is 0 Å². The normalized spacial score (nSPS) is 20.7. The van der Waals surface area contributed by atoms with Gasteiger partial charge in [0, 0.05) is 26.2 Å². The van der Waals surface area contributed by atoms with Crippen LogP contribution in [0.15, 0.2) is 6.20 Å². The summed E-state index contributed by atoms with van der Waals surface area (Å²) in [6.45, 7) is 2.35. The Kier molecular flexibility index (Phi) is 2.19. The molecule has 0 aliphatic carbocycles. The molecule has 78 valence electrons. The summed E-state index contributed by atoms with van der Waals surface area (Å²) in [5.74, 6) is -0.172. The summed E-state index contributed by atoms with van der Waals surface area (Å²) in [5.41, 5.74) is 1.64. The van der Waals surface area contributed by atoms with Gasteiger partial charge in [-0.05, 0) is 6.92 Å². The van der Waals surface area contributed by atoms with Crippen LogP contribution in [0.25, 0.3) is 0 Å². The summed E-state index contributed by atoms with van der Waals surface area (Å²) >= 11 is 0. The molecule has 15 heavy (non-hydrogen) atoms. The summed E-state index contributed by atoms with van der Waals surface area (Å²) in [4.78, 5) is 13.3. The van der Waals surface area contributed by atoms with Crippen LogP contribution < -0.4 is 4.90 Å². The van der Waals surface area contributed by atoms with E-state index in [0.29, 0.717) is 13.0 Å². The maximum absolute atomic E-state index is 11.6. The zero-order valence-electron chi connectivity index (χ0n) is 8.77. The second kappa shape index (κ2) is 3.39. The Morgan fingerprint density at radius 3 is 2.87 bits per heavy atom. The first-order valence-corrected chi connectivity index (χ1v) is 4.82. The van der Waals surface area contributed by atoms with Crippen molar-refractivity contribution >= 4 is 11.6 Å². The third-order valence-corrected chi connectivity index (χ3v) is 2.59. The Hall–Kier alpha value is -1.83. The summed E-state index contributed by atoms with van der Waals surface area (Å²) in [6, 6.07) is 2.13. The number of carbonyl (C=O) groups excluding carboxylic acids is 1. The van der Waals surface area contributed by atoms with Gasteiger partial charge in [0.05, 0.1) is 23.4 Å². The molecule has 0 bridgehead atoms. The van der Waals surface area contributed by atoms with Gasteiger partial charge in [-0.3, -0.25) is 9.48 Å². The molecule has 2 rings (SSSR count). The van der Waals surface area contributed by atoms with Crippen molar-refractivity contribution in [1.29, 1.82) is 5.26 Å². The van der Waals surface area contributed by atoms with Gasteiger partial charge in [0.1, 0.15) is 0 Å². The van der Waals surface area contributed by atoms with Crippen molar-refractivity contribution in [1.82, 2.24) is 9.78 Å². The van der Waals surface area contributed by atoms with E-state index < -0.39 is 0 Å². The van der Waals surface area contributed by atoms with Crippen molar-refractivity contribution in [3.8, 4) is 6.07 Å². The Morgan fingerprint density at radius 2 is 2.40 bits per heavy atom. The Bertz CT molecular complexity index is 443. The molecule has 0 N–H and O–H groups in total. The maximum Gasteiger partial charge on any atom is 0.228 e. The van der Waals surface area contributed by atoms with Crippen LogP contribution in [0.1, 0.15) is 12.1 Å². The number of aryl methyl sites for hydroxylation is 2. The van der Waals surface area contributed by atoms with E-state index in [4.69, 9.17) is 5.26 Å². The summed E-state index contributed by atoms with van der Waals surface area (Å²) in [5, 5.41) is 13.0. The average Bonchev–Trinajstić information content (AvgIpc) is 2.69. The topological polar surface area (TPSA) is 61.9 Å². The lowest BCUT2D eigenvalue weighted by Gasteiger charge is -2.13. The van der Waals surface area contributed by atoms with Crippen LogP contribution in [0.3, 0.4) is 0 Å². The first-order valence-electron chi connectivity index (χ1n) is 4.82. The summed E-state index contributed by atoms with van der Waals surface area (Å²) < 4.78 is 1.68. The molecule has 0 spiro atoms. The van der Waals surface area contributed by atoms with Gasteiger partial charge in [-0.1, -0.05) is 0 Å². The van der Waals surface area contributed by atoms with Crippen molar-refractivity contribution in [3.63, 3.8) is 0 Å². The minimum absolute atomic E-state index is 0.0117. The summed E-state index contributed by atoms with van der Waals surface area (Å²) in [7, 11) is 1.82. The number of amides is 1. The number of nitriles is 1. The van der Waals surface area contributed by atoms with Gasteiger partial charge >= 0.3 is 0 Å². The van der Waals surface area contributed by atoms with Crippen LogP contribution in [0, 0.1) is 24.2 Å². The van der Waals surface area contributed by atoms with Crippen LogP contribution in [0.2, 0.25) is 0 Å². The van der Waals surface area contributed by atoms with E-state index in [1.54, 1.807) is 9.58 Å². The zero-order chi connectivity index (χ0) is 11.0. The lowest BCUT2D eigenvalue weighted by Crippen LogP contribution is -2.24. The molecule has 1 atom stereocenters. The van der Waals surface area contributed by atoms with Gasteiger partial charge in [0.2, 0.25) is 5.91 Å². The lowest BCUT2D eigenvalue weighted by atomic mass is 10.1. The SMILES string of the molecule is Cc1nn(C)cc1N1CC(C#N)CC1=O. The monoisotopic (exact) mass is 204 g/mol. The van der Waals surface area contributed by atoms with Gasteiger partial charge in [-0.25, -0.2) is 0 Å². The molecule has 1 aliphatic rings. The molecule has 5 nitrogen and oxygen atoms in total. The van der Waals surface area contributed by atoms with Crippen molar-refractivity contribution in [3.05, 3.63) is 11.9 Å². The Labute approximate surface area is 87.9 Å². The fourth-order valence-electron chi connectivity index (χ4n) is 1.88. The van der Waals surface area contributed by atoms with Crippen molar-refractivity contribution in [2.75, 3.05) is 11.4 Å². The molecule has 1 aromatic heterocycles. The van der Waals surface area contributed by atoms with Crippen LogP contribution in [0.5, 0.6) is 0 Å². The molecule has 0 aromatic carbocycles. The number of carbonyl (C=O) groups is 1. The molecular formula is C10H12N4O. The number of rotatable bonds is 1. The highest BCUT2D eigenvalue weighted by atomic mass is 16.2. The highest BCUT2D eigenvalue weighted by Gasteiger charge is 2.32. The van der Waals surface area contributed by atoms with Crippen molar-refractivity contribution < 1.29 is 4.79 Å². The number of hydrogen-bond acceptors (Lipinski definition) is 3. The van der Waals surface area contributed by atoms with E-state index in [-0.39, 0.29) is 11.8 Å². The van der Waals surface area contributed by atoms with Gasteiger partial charge in [-0.15, -0.1) is 0 Å². The number of hydrogen-bond donors (Lipinski definition) is 0. The minimum atomic E-state index is -0.183. The lowest BCUT2D eigenvalue weighted by molar-refractivity contribution is -0.117. The molecule has 1 saturated heterocycles. The fraction of sp³-hybridized carbons (Fsp3) is 0.500. The Morgan fingerprint density at radius 1 is 1.67 bits per heavy atom. The largest absolute Gasteiger partial charge is 0.308 e. The molecule has 0 saturated carbocycles. The number of aromatic nitrogens is 2. The predicted octanol–water partition coefficient (Wildman–Crippen LogP) is 0.605. The third kappa shape index (κ3) is 1.59. The third-order valence-electron chi connectivity index (χ3n) is 2.59. The van der Waals surface area contributed by atoms with E-state index in [0.717, 1.165) is 11.4 Å². The highest BCUT2D eigenvalue weighted by molar-refractivity contribution is 5.96. The fourth-order valence-corrected chi connectivity index (χ4v) is 1.88. The molecule has 5 heteroatoms. The summed E-state index contributed by atoms with van der Waals surface area (Å²) in [6.07, 6.45) is 2.14. The predicted molar refractivity (Wildman–Crippen MR) is 54.0 cm³/mol. The highest BCUT2D eigenvalue weighted by Crippen LogP contribution is 2.26. The van der Waals surface area contributed by atoms with Gasteiger partial charge < -0.3 is 4.90 Å². The molecule has 2 heterocycles.